The number of halogens is 3. The van der Waals surface area contributed by atoms with Gasteiger partial charge in [-0.2, -0.15) is 0 Å². The van der Waals surface area contributed by atoms with Gasteiger partial charge in [-0.3, -0.25) is 4.79 Å². The summed E-state index contributed by atoms with van der Waals surface area (Å²) in [6, 6.07) is 4.45. The second-order valence-corrected chi connectivity index (χ2v) is 4.46. The summed E-state index contributed by atoms with van der Waals surface area (Å²) in [5.74, 6) is -3.44. The molecule has 0 saturated carbocycles. The van der Waals surface area contributed by atoms with Crippen molar-refractivity contribution >= 4 is 17.2 Å². The van der Waals surface area contributed by atoms with Crippen molar-refractivity contribution in [3.8, 4) is 0 Å². The third-order valence-corrected chi connectivity index (χ3v) is 3.15. The molecule has 1 N–H and O–H groups in total. The van der Waals surface area contributed by atoms with E-state index in [-0.39, 0.29) is 12.1 Å². The van der Waals surface area contributed by atoms with Crippen molar-refractivity contribution in [2.45, 2.75) is 6.54 Å². The zero-order valence-electron chi connectivity index (χ0n) is 9.04. The highest BCUT2D eigenvalue weighted by atomic mass is 32.1. The Labute approximate surface area is 105 Å². The maximum atomic E-state index is 13.3. The lowest BCUT2D eigenvalue weighted by Gasteiger charge is -2.06. The molecule has 0 fully saturated rings. The van der Waals surface area contributed by atoms with Crippen LogP contribution in [0.5, 0.6) is 0 Å². The van der Waals surface area contributed by atoms with Gasteiger partial charge < -0.3 is 5.32 Å². The standard InChI is InChI=1S/C12H8F3NOS/c13-7-4-9(14)8(10(15)5-7)6-16-12(17)11-2-1-3-18-11/h1-5H,6H2,(H,16,17). The van der Waals surface area contributed by atoms with E-state index in [0.29, 0.717) is 17.0 Å². The van der Waals surface area contributed by atoms with Crippen molar-refractivity contribution in [3.63, 3.8) is 0 Å². The average Bonchev–Trinajstić information content (AvgIpc) is 2.80. The number of carbonyl (C=O) groups is 1. The monoisotopic (exact) mass is 271 g/mol. The molecule has 6 heteroatoms. The molecule has 1 aromatic carbocycles. The van der Waals surface area contributed by atoms with Gasteiger partial charge in [0.1, 0.15) is 17.5 Å². The molecule has 2 aromatic rings. The second kappa shape index (κ2) is 5.22. The van der Waals surface area contributed by atoms with Crippen molar-refractivity contribution in [1.29, 1.82) is 0 Å². The van der Waals surface area contributed by atoms with Crippen molar-refractivity contribution in [1.82, 2.24) is 5.32 Å². The van der Waals surface area contributed by atoms with Crippen molar-refractivity contribution in [2.75, 3.05) is 0 Å². The minimum atomic E-state index is -1.01. The maximum Gasteiger partial charge on any atom is 0.261 e. The molecule has 0 aliphatic heterocycles. The molecule has 0 unspecified atom stereocenters. The van der Waals surface area contributed by atoms with Gasteiger partial charge in [0.15, 0.2) is 0 Å². The molecule has 0 aliphatic carbocycles. The second-order valence-electron chi connectivity index (χ2n) is 3.51. The number of carbonyl (C=O) groups excluding carboxylic acids is 1. The number of benzene rings is 1. The summed E-state index contributed by atoms with van der Waals surface area (Å²) in [5, 5.41) is 4.09. The summed E-state index contributed by atoms with van der Waals surface area (Å²) in [6.07, 6.45) is 0. The van der Waals surface area contributed by atoms with E-state index in [0.717, 1.165) is 0 Å². The SMILES string of the molecule is O=C(NCc1c(F)cc(F)cc1F)c1cccs1. The normalized spacial score (nSPS) is 10.4. The van der Waals surface area contributed by atoms with Crippen LogP contribution in [0.15, 0.2) is 29.6 Å². The molecule has 0 aliphatic rings. The van der Waals surface area contributed by atoms with Crippen LogP contribution in [0.25, 0.3) is 0 Å². The van der Waals surface area contributed by atoms with E-state index in [2.05, 4.69) is 5.32 Å². The van der Waals surface area contributed by atoms with Gasteiger partial charge in [-0.25, -0.2) is 13.2 Å². The Kier molecular flexibility index (Phi) is 3.66. The van der Waals surface area contributed by atoms with Gasteiger partial charge >= 0.3 is 0 Å². The van der Waals surface area contributed by atoms with Crippen LogP contribution in [0.2, 0.25) is 0 Å². The van der Waals surface area contributed by atoms with E-state index in [1.807, 2.05) is 0 Å². The molecule has 1 amide bonds. The lowest BCUT2D eigenvalue weighted by atomic mass is 10.2. The van der Waals surface area contributed by atoms with E-state index in [1.165, 1.54) is 11.3 Å². The Morgan fingerprint density at radius 3 is 2.44 bits per heavy atom. The summed E-state index contributed by atoms with van der Waals surface area (Å²) >= 11 is 1.22. The van der Waals surface area contributed by atoms with Crippen LogP contribution in [0, 0.1) is 17.5 Å². The van der Waals surface area contributed by atoms with E-state index in [1.54, 1.807) is 17.5 Å². The maximum absolute atomic E-state index is 13.3. The van der Waals surface area contributed by atoms with Crippen LogP contribution < -0.4 is 5.32 Å². The van der Waals surface area contributed by atoms with Crippen molar-refractivity contribution in [2.24, 2.45) is 0 Å². The van der Waals surface area contributed by atoms with Gasteiger partial charge in [-0.05, 0) is 11.4 Å². The van der Waals surface area contributed by atoms with Crippen LogP contribution in [0.3, 0.4) is 0 Å². The van der Waals surface area contributed by atoms with Gasteiger partial charge in [-0.15, -0.1) is 11.3 Å². The first-order valence-electron chi connectivity index (χ1n) is 5.03. The molecule has 1 heterocycles. The summed E-state index contributed by atoms with van der Waals surface area (Å²) < 4.78 is 39.2. The minimum Gasteiger partial charge on any atom is -0.347 e. The lowest BCUT2D eigenvalue weighted by molar-refractivity contribution is 0.0954. The van der Waals surface area contributed by atoms with Crippen LogP contribution in [-0.2, 0) is 6.54 Å². The van der Waals surface area contributed by atoms with E-state index in [9.17, 15) is 18.0 Å². The third-order valence-electron chi connectivity index (χ3n) is 2.28. The van der Waals surface area contributed by atoms with Crippen molar-refractivity contribution in [3.05, 3.63) is 57.5 Å². The van der Waals surface area contributed by atoms with Gasteiger partial charge in [0.05, 0.1) is 4.88 Å². The third kappa shape index (κ3) is 2.70. The molecule has 0 spiro atoms. The van der Waals surface area contributed by atoms with Crippen LogP contribution in [0.1, 0.15) is 15.2 Å². The Morgan fingerprint density at radius 1 is 1.22 bits per heavy atom. The predicted molar refractivity (Wildman–Crippen MR) is 61.8 cm³/mol. The van der Waals surface area contributed by atoms with Gasteiger partial charge in [0.2, 0.25) is 0 Å². The quantitative estimate of drug-likeness (QED) is 0.913. The summed E-state index contributed by atoms with van der Waals surface area (Å²) in [4.78, 5) is 12.0. The zero-order chi connectivity index (χ0) is 13.1. The molecule has 2 nitrogen and oxygen atoms in total. The molecule has 0 bridgehead atoms. The highest BCUT2D eigenvalue weighted by Gasteiger charge is 2.13. The number of hydrogen-bond acceptors (Lipinski definition) is 2. The molecule has 0 atom stereocenters. The Hall–Kier alpha value is -1.82. The highest BCUT2D eigenvalue weighted by Crippen LogP contribution is 2.15. The first-order chi connectivity index (χ1) is 8.58. The molecule has 0 saturated heterocycles. The molecule has 0 radical (unpaired) electrons. The number of nitrogens with one attached hydrogen (secondary N) is 1. The number of hydrogen-bond donors (Lipinski definition) is 1. The summed E-state index contributed by atoms with van der Waals surface area (Å²) in [6.45, 7) is -0.325. The van der Waals surface area contributed by atoms with Crippen molar-refractivity contribution < 1.29 is 18.0 Å². The molecular weight excluding hydrogens is 263 g/mol. The van der Waals surface area contributed by atoms with Gasteiger partial charge in [0.25, 0.3) is 5.91 Å². The highest BCUT2D eigenvalue weighted by molar-refractivity contribution is 7.12. The van der Waals surface area contributed by atoms with E-state index >= 15 is 0 Å². The molecule has 94 valence electrons. The molecule has 2 rings (SSSR count). The average molecular weight is 271 g/mol. The predicted octanol–water partition coefficient (Wildman–Crippen LogP) is 3.10. The van der Waals surface area contributed by atoms with Crippen LogP contribution in [0.4, 0.5) is 13.2 Å². The van der Waals surface area contributed by atoms with E-state index in [4.69, 9.17) is 0 Å². The fourth-order valence-electron chi connectivity index (χ4n) is 1.40. The lowest BCUT2D eigenvalue weighted by Crippen LogP contribution is -2.23. The largest absolute Gasteiger partial charge is 0.347 e. The Balaban J connectivity index is 2.09. The summed E-state index contributed by atoms with van der Waals surface area (Å²) in [7, 11) is 0. The first kappa shape index (κ1) is 12.6. The molecule has 1 aromatic heterocycles. The minimum absolute atomic E-state index is 0.325. The van der Waals surface area contributed by atoms with Gasteiger partial charge in [0, 0.05) is 24.2 Å². The summed E-state index contributed by atoms with van der Waals surface area (Å²) in [5.41, 5.74) is -0.360. The topological polar surface area (TPSA) is 29.1 Å². The number of thiophene rings is 1. The smallest absolute Gasteiger partial charge is 0.261 e. The van der Waals surface area contributed by atoms with Crippen LogP contribution in [-0.4, -0.2) is 5.91 Å². The molecule has 18 heavy (non-hydrogen) atoms. The van der Waals surface area contributed by atoms with Crippen LogP contribution >= 0.6 is 11.3 Å². The van der Waals surface area contributed by atoms with E-state index < -0.39 is 23.4 Å². The Morgan fingerprint density at radius 2 is 1.89 bits per heavy atom. The Bertz CT molecular complexity index is 546. The zero-order valence-corrected chi connectivity index (χ0v) is 9.86. The fraction of sp³-hybridized carbons (Fsp3) is 0.0833. The number of amides is 1. The number of rotatable bonds is 3. The van der Waals surface area contributed by atoms with Gasteiger partial charge in [-0.1, -0.05) is 6.07 Å². The first-order valence-corrected chi connectivity index (χ1v) is 5.91. The fourth-order valence-corrected chi connectivity index (χ4v) is 2.04. The molecular formula is C12H8F3NOS.